The molecule has 0 saturated heterocycles. The average Bonchev–Trinajstić information content (AvgIpc) is 2.46. The molecule has 6 heteroatoms. The molecule has 3 nitrogen and oxygen atoms in total. The number of rotatable bonds is 4. The van der Waals surface area contributed by atoms with Crippen LogP contribution in [0.2, 0.25) is 0 Å². The maximum Gasteiger partial charge on any atom is 0.573 e. The predicted molar refractivity (Wildman–Crippen MR) is 75.2 cm³/mol. The van der Waals surface area contributed by atoms with Gasteiger partial charge >= 0.3 is 6.36 Å². The fraction of sp³-hybridized carbons (Fsp3) is 0.312. The van der Waals surface area contributed by atoms with Gasteiger partial charge in [0.1, 0.15) is 11.4 Å². The minimum Gasteiger partial charge on any atom is -0.406 e. The number of benzene rings is 1. The molecule has 118 valence electrons. The van der Waals surface area contributed by atoms with Gasteiger partial charge in [0, 0.05) is 18.0 Å². The second-order valence-electron chi connectivity index (χ2n) is 5.23. The quantitative estimate of drug-likeness (QED) is 0.932. The SMILES string of the molecule is CC(C)C(O)(c1ccc(OC(F)(F)F)cc1)c1cccnc1. The van der Waals surface area contributed by atoms with Crippen molar-refractivity contribution in [2.75, 3.05) is 0 Å². The first-order chi connectivity index (χ1) is 10.2. The third-order valence-electron chi connectivity index (χ3n) is 3.47. The molecule has 0 radical (unpaired) electrons. The fourth-order valence-electron chi connectivity index (χ4n) is 2.33. The standard InChI is InChI=1S/C16H16F3NO2/c1-11(2)15(21,13-4-3-9-20-10-13)12-5-7-14(8-6-12)22-16(17,18)19/h3-11,21H,1-2H3. The summed E-state index contributed by atoms with van der Waals surface area (Å²) in [6, 6.07) is 8.65. The summed E-state index contributed by atoms with van der Waals surface area (Å²) in [6.45, 7) is 3.65. The molecular weight excluding hydrogens is 295 g/mol. The van der Waals surface area contributed by atoms with Crippen LogP contribution < -0.4 is 4.74 Å². The highest BCUT2D eigenvalue weighted by atomic mass is 19.4. The van der Waals surface area contributed by atoms with Gasteiger partial charge in [-0.05, 0) is 29.7 Å². The number of hydrogen-bond donors (Lipinski definition) is 1. The monoisotopic (exact) mass is 311 g/mol. The van der Waals surface area contributed by atoms with E-state index in [1.807, 2.05) is 13.8 Å². The summed E-state index contributed by atoms with van der Waals surface area (Å²) in [5, 5.41) is 11.1. The lowest BCUT2D eigenvalue weighted by molar-refractivity contribution is -0.274. The number of alkyl halides is 3. The Morgan fingerprint density at radius 3 is 2.14 bits per heavy atom. The van der Waals surface area contributed by atoms with Crippen LogP contribution in [0, 0.1) is 5.92 Å². The third-order valence-corrected chi connectivity index (χ3v) is 3.47. The van der Waals surface area contributed by atoms with Crippen molar-refractivity contribution in [2.45, 2.75) is 25.8 Å². The first kappa shape index (κ1) is 16.3. The van der Waals surface area contributed by atoms with Gasteiger partial charge in [0.25, 0.3) is 0 Å². The first-order valence-corrected chi connectivity index (χ1v) is 6.72. The summed E-state index contributed by atoms with van der Waals surface area (Å²) in [6.07, 6.45) is -1.61. The van der Waals surface area contributed by atoms with Gasteiger partial charge in [-0.15, -0.1) is 13.2 Å². The van der Waals surface area contributed by atoms with Crippen molar-refractivity contribution in [3.8, 4) is 5.75 Å². The largest absolute Gasteiger partial charge is 0.573 e. The van der Waals surface area contributed by atoms with E-state index in [4.69, 9.17) is 0 Å². The highest BCUT2D eigenvalue weighted by molar-refractivity contribution is 5.38. The maximum atomic E-state index is 12.2. The summed E-state index contributed by atoms with van der Waals surface area (Å²) in [7, 11) is 0. The van der Waals surface area contributed by atoms with Gasteiger partial charge in [0.05, 0.1) is 0 Å². The molecule has 0 aliphatic heterocycles. The third kappa shape index (κ3) is 3.39. The van der Waals surface area contributed by atoms with Gasteiger partial charge in [-0.3, -0.25) is 4.98 Å². The normalized spacial score (nSPS) is 14.7. The molecule has 1 N–H and O–H groups in total. The van der Waals surface area contributed by atoms with E-state index < -0.39 is 12.0 Å². The van der Waals surface area contributed by atoms with Crippen molar-refractivity contribution in [3.05, 3.63) is 59.9 Å². The zero-order chi connectivity index (χ0) is 16.4. The summed E-state index contributed by atoms with van der Waals surface area (Å²) < 4.78 is 40.4. The second kappa shape index (κ2) is 5.96. The lowest BCUT2D eigenvalue weighted by atomic mass is 9.78. The summed E-state index contributed by atoms with van der Waals surface area (Å²) in [5.74, 6) is -0.528. The van der Waals surface area contributed by atoms with E-state index in [1.165, 1.54) is 24.3 Å². The fourth-order valence-corrected chi connectivity index (χ4v) is 2.33. The van der Waals surface area contributed by atoms with E-state index in [1.54, 1.807) is 24.5 Å². The highest BCUT2D eigenvalue weighted by Gasteiger charge is 2.36. The zero-order valence-electron chi connectivity index (χ0n) is 12.1. The van der Waals surface area contributed by atoms with Crippen molar-refractivity contribution in [1.29, 1.82) is 0 Å². The molecule has 1 heterocycles. The first-order valence-electron chi connectivity index (χ1n) is 6.72. The van der Waals surface area contributed by atoms with Gasteiger partial charge < -0.3 is 9.84 Å². The summed E-state index contributed by atoms with van der Waals surface area (Å²) in [4.78, 5) is 3.99. The van der Waals surface area contributed by atoms with Crippen LogP contribution in [0.4, 0.5) is 13.2 Å². The van der Waals surface area contributed by atoms with E-state index in [0.29, 0.717) is 11.1 Å². The van der Waals surface area contributed by atoms with E-state index >= 15 is 0 Å². The Morgan fingerprint density at radius 2 is 1.68 bits per heavy atom. The predicted octanol–water partition coefficient (Wildman–Crippen LogP) is 3.87. The summed E-state index contributed by atoms with van der Waals surface area (Å²) in [5.41, 5.74) is -0.287. The van der Waals surface area contributed by atoms with Gasteiger partial charge in [-0.25, -0.2) is 0 Å². The molecular formula is C16H16F3NO2. The molecule has 1 aromatic heterocycles. The Labute approximate surface area is 126 Å². The van der Waals surface area contributed by atoms with Gasteiger partial charge in [-0.2, -0.15) is 0 Å². The molecule has 0 aliphatic rings. The molecule has 1 unspecified atom stereocenters. The maximum absolute atomic E-state index is 12.2. The topological polar surface area (TPSA) is 42.4 Å². The lowest BCUT2D eigenvalue weighted by Gasteiger charge is -2.33. The molecule has 0 saturated carbocycles. The van der Waals surface area contributed by atoms with Crippen LogP contribution in [0.25, 0.3) is 0 Å². The lowest BCUT2D eigenvalue weighted by Crippen LogP contribution is -2.33. The van der Waals surface area contributed by atoms with Crippen LogP contribution in [0.5, 0.6) is 5.75 Å². The van der Waals surface area contributed by atoms with Gasteiger partial charge in [0.2, 0.25) is 0 Å². The van der Waals surface area contributed by atoms with Crippen molar-refractivity contribution in [2.24, 2.45) is 5.92 Å². The summed E-state index contributed by atoms with van der Waals surface area (Å²) >= 11 is 0. The minimum atomic E-state index is -4.74. The van der Waals surface area contributed by atoms with E-state index in [2.05, 4.69) is 9.72 Å². The van der Waals surface area contributed by atoms with E-state index in [0.717, 1.165) is 0 Å². The Bertz CT molecular complexity index is 612. The van der Waals surface area contributed by atoms with Crippen LogP contribution in [0.1, 0.15) is 25.0 Å². The second-order valence-corrected chi connectivity index (χ2v) is 5.23. The van der Waals surface area contributed by atoms with E-state index in [9.17, 15) is 18.3 Å². The van der Waals surface area contributed by atoms with Gasteiger partial charge in [0.15, 0.2) is 0 Å². The van der Waals surface area contributed by atoms with Crippen molar-refractivity contribution >= 4 is 0 Å². The van der Waals surface area contributed by atoms with Crippen LogP contribution in [-0.2, 0) is 5.60 Å². The molecule has 0 amide bonds. The molecule has 22 heavy (non-hydrogen) atoms. The smallest absolute Gasteiger partial charge is 0.406 e. The van der Waals surface area contributed by atoms with Crippen LogP contribution in [0.15, 0.2) is 48.8 Å². The molecule has 2 rings (SSSR count). The number of aromatic nitrogens is 1. The molecule has 0 spiro atoms. The minimum absolute atomic E-state index is 0.203. The zero-order valence-corrected chi connectivity index (χ0v) is 12.1. The highest BCUT2D eigenvalue weighted by Crippen LogP contribution is 2.37. The molecule has 1 aromatic carbocycles. The number of halogens is 3. The molecule has 1 atom stereocenters. The van der Waals surface area contributed by atoms with Crippen molar-refractivity contribution in [1.82, 2.24) is 4.98 Å². The Morgan fingerprint density at radius 1 is 1.05 bits per heavy atom. The Hall–Kier alpha value is -2.08. The van der Waals surface area contributed by atoms with Crippen molar-refractivity contribution < 1.29 is 23.0 Å². The molecule has 0 aliphatic carbocycles. The molecule has 0 fully saturated rings. The number of aliphatic hydroxyl groups is 1. The van der Waals surface area contributed by atoms with Crippen LogP contribution >= 0.6 is 0 Å². The van der Waals surface area contributed by atoms with Crippen LogP contribution in [-0.4, -0.2) is 16.5 Å². The van der Waals surface area contributed by atoms with Gasteiger partial charge in [-0.1, -0.05) is 32.0 Å². The average molecular weight is 311 g/mol. The number of pyridine rings is 1. The molecule has 2 aromatic rings. The van der Waals surface area contributed by atoms with E-state index in [-0.39, 0.29) is 11.7 Å². The Kier molecular flexibility index (Phi) is 4.42. The van der Waals surface area contributed by atoms with Crippen LogP contribution in [0.3, 0.4) is 0 Å². The number of hydrogen-bond acceptors (Lipinski definition) is 3. The number of nitrogens with zero attached hydrogens (tertiary/aromatic N) is 1. The number of ether oxygens (including phenoxy) is 1. The van der Waals surface area contributed by atoms with Crippen molar-refractivity contribution in [3.63, 3.8) is 0 Å². The molecule has 0 bridgehead atoms. The Balaban J connectivity index is 2.38.